The van der Waals surface area contributed by atoms with Gasteiger partial charge in [-0.05, 0) is 52.4 Å². The molecule has 0 saturated carbocycles. The monoisotopic (exact) mass is 448 g/mol. The summed E-state index contributed by atoms with van der Waals surface area (Å²) < 4.78 is 34.2. The Balaban J connectivity index is 1.59. The van der Waals surface area contributed by atoms with E-state index in [0.717, 1.165) is 23.4 Å². The Kier molecular flexibility index (Phi) is 5.85. The van der Waals surface area contributed by atoms with Crippen LogP contribution in [-0.4, -0.2) is 57.4 Å². The molecular weight excluding hydrogens is 418 g/mol. The van der Waals surface area contributed by atoms with Crippen molar-refractivity contribution in [2.45, 2.75) is 64.0 Å². The highest BCUT2D eigenvalue weighted by Gasteiger charge is 2.42. The Hall–Kier alpha value is -2.72. The van der Waals surface area contributed by atoms with Crippen molar-refractivity contribution in [1.82, 2.24) is 25.3 Å². The third kappa shape index (κ3) is 4.56. The number of hydrogen-bond donors (Lipinski definition) is 3. The number of hydrogen-bond acceptors (Lipinski definition) is 6. The molecule has 0 bridgehead atoms. The first-order valence-electron chi connectivity index (χ1n) is 10.7. The first-order valence-corrected chi connectivity index (χ1v) is 10.7. The van der Waals surface area contributed by atoms with Gasteiger partial charge in [-0.3, -0.25) is 14.9 Å². The van der Waals surface area contributed by atoms with Gasteiger partial charge in [0.25, 0.3) is 0 Å². The minimum Gasteiger partial charge on any atom is -0.444 e. The van der Waals surface area contributed by atoms with Crippen LogP contribution in [0.1, 0.15) is 50.1 Å². The lowest BCUT2D eigenvalue weighted by Gasteiger charge is -2.46. The molecule has 1 saturated heterocycles. The molecule has 4 rings (SSSR count). The van der Waals surface area contributed by atoms with Crippen molar-refractivity contribution in [1.29, 1.82) is 0 Å². The number of nitrogens with one attached hydrogen (secondary N) is 2. The zero-order valence-corrected chi connectivity index (χ0v) is 18.8. The minimum atomic E-state index is -0.675. The van der Waals surface area contributed by atoms with Crippen molar-refractivity contribution < 1.29 is 18.3 Å². The number of aromatic nitrogens is 2. The lowest BCUT2D eigenvalue weighted by molar-refractivity contribution is 0.0258. The number of carbonyl (C=O) groups excluding carboxylic acids is 1. The maximum atomic E-state index is 14.7. The van der Waals surface area contributed by atoms with Crippen molar-refractivity contribution >= 4 is 11.9 Å². The quantitative estimate of drug-likeness (QED) is 0.668. The molecule has 0 radical (unpaired) electrons. The summed E-state index contributed by atoms with van der Waals surface area (Å²) in [5.74, 6) is -0.463. The van der Waals surface area contributed by atoms with Gasteiger partial charge in [-0.2, -0.15) is 5.10 Å². The second-order valence-electron chi connectivity index (χ2n) is 9.66. The zero-order chi connectivity index (χ0) is 23.2. The van der Waals surface area contributed by atoms with Crippen molar-refractivity contribution in [3.63, 3.8) is 0 Å². The van der Waals surface area contributed by atoms with Crippen LogP contribution < -0.4 is 11.1 Å². The highest BCUT2D eigenvalue weighted by molar-refractivity contribution is 5.68. The summed E-state index contributed by atoms with van der Waals surface area (Å²) in [4.78, 5) is 16.8. The fourth-order valence-electron chi connectivity index (χ4n) is 4.74. The molecular formula is C22H30F2N6O2. The van der Waals surface area contributed by atoms with Crippen LogP contribution >= 0.6 is 0 Å². The SMILES string of the molecule is CN1CC(N2Cc3n[nH]c(N)c3C2)CC(NC(=O)OC(C)(C)C)[C@H]1c1cc(F)ccc1F. The highest BCUT2D eigenvalue weighted by Crippen LogP contribution is 2.36. The molecule has 1 aromatic carbocycles. The summed E-state index contributed by atoms with van der Waals surface area (Å²) >= 11 is 0. The van der Waals surface area contributed by atoms with Gasteiger partial charge in [-0.25, -0.2) is 13.6 Å². The molecule has 2 aliphatic rings. The number of benzene rings is 1. The molecule has 2 unspecified atom stereocenters. The fraction of sp³-hybridized carbons (Fsp3) is 0.545. The largest absolute Gasteiger partial charge is 0.444 e. The lowest BCUT2D eigenvalue weighted by atomic mass is 9.87. The minimum absolute atomic E-state index is 0.0569. The van der Waals surface area contributed by atoms with E-state index in [1.165, 1.54) is 6.07 Å². The van der Waals surface area contributed by atoms with E-state index in [2.05, 4.69) is 20.4 Å². The number of alkyl carbamates (subject to hydrolysis) is 1. The molecule has 1 aromatic heterocycles. The number of aromatic amines is 1. The van der Waals surface area contributed by atoms with Crippen molar-refractivity contribution in [3.05, 3.63) is 46.7 Å². The van der Waals surface area contributed by atoms with Crippen molar-refractivity contribution in [2.75, 3.05) is 19.3 Å². The van der Waals surface area contributed by atoms with Crippen LogP contribution in [0.4, 0.5) is 19.4 Å². The van der Waals surface area contributed by atoms with Crippen LogP contribution in [-0.2, 0) is 17.8 Å². The van der Waals surface area contributed by atoms with Gasteiger partial charge in [0.1, 0.15) is 23.1 Å². The van der Waals surface area contributed by atoms with E-state index in [9.17, 15) is 13.6 Å². The molecule has 2 aliphatic heterocycles. The number of anilines is 1. The van der Waals surface area contributed by atoms with Crippen molar-refractivity contribution in [3.8, 4) is 0 Å². The molecule has 1 fully saturated rings. The Bertz CT molecular complexity index is 1000. The molecule has 174 valence electrons. The number of amides is 1. The maximum absolute atomic E-state index is 14.7. The van der Waals surface area contributed by atoms with E-state index in [-0.39, 0.29) is 11.6 Å². The van der Waals surface area contributed by atoms with Gasteiger partial charge in [-0.1, -0.05) is 0 Å². The van der Waals surface area contributed by atoms with Crippen LogP contribution in [0.5, 0.6) is 0 Å². The van der Waals surface area contributed by atoms with Gasteiger partial charge in [-0.15, -0.1) is 0 Å². The van der Waals surface area contributed by atoms with Gasteiger partial charge in [0.2, 0.25) is 0 Å². The standard InChI is InChI=1S/C22H30F2N6O2/c1-22(2,3)32-21(31)26-17-8-13(30-10-15-18(11-30)27-28-20(15)25)9-29(4)19(17)14-7-12(23)5-6-16(14)24/h5-7,13,17,19H,8-11H2,1-4H3,(H,26,31)(H3,25,27,28)/t13?,17?,19-/m1/s1. The molecule has 10 heteroatoms. The average Bonchev–Trinajstić information content (AvgIpc) is 3.24. The number of likely N-dealkylation sites (tertiary alicyclic amines) is 1. The molecule has 32 heavy (non-hydrogen) atoms. The molecule has 3 atom stereocenters. The highest BCUT2D eigenvalue weighted by atomic mass is 19.1. The Morgan fingerprint density at radius 3 is 2.75 bits per heavy atom. The number of fused-ring (bicyclic) bond motifs is 1. The lowest BCUT2D eigenvalue weighted by Crippen LogP contribution is -2.57. The van der Waals surface area contributed by atoms with E-state index in [0.29, 0.717) is 31.9 Å². The van der Waals surface area contributed by atoms with E-state index in [1.807, 2.05) is 11.9 Å². The molecule has 3 heterocycles. The predicted octanol–water partition coefficient (Wildman–Crippen LogP) is 2.92. The van der Waals surface area contributed by atoms with Crippen LogP contribution in [0.15, 0.2) is 18.2 Å². The number of nitrogen functional groups attached to an aromatic ring is 1. The normalized spacial score (nSPS) is 24.4. The number of ether oxygens (including phenoxy) is 1. The van der Waals surface area contributed by atoms with Gasteiger partial charge in [0, 0.05) is 36.8 Å². The van der Waals surface area contributed by atoms with Crippen LogP contribution in [0.2, 0.25) is 0 Å². The molecule has 0 aliphatic carbocycles. The summed E-state index contributed by atoms with van der Waals surface area (Å²) in [5, 5.41) is 9.99. The molecule has 0 spiro atoms. The average molecular weight is 449 g/mol. The smallest absolute Gasteiger partial charge is 0.407 e. The molecule has 2 aromatic rings. The number of carbonyl (C=O) groups is 1. The summed E-state index contributed by atoms with van der Waals surface area (Å²) in [6.45, 7) is 7.24. The number of H-pyrrole nitrogens is 1. The van der Waals surface area contributed by atoms with Gasteiger partial charge < -0.3 is 15.8 Å². The molecule has 8 nitrogen and oxygen atoms in total. The van der Waals surface area contributed by atoms with Gasteiger partial charge >= 0.3 is 6.09 Å². The zero-order valence-electron chi connectivity index (χ0n) is 18.8. The first kappa shape index (κ1) is 22.5. The number of nitrogens with two attached hydrogens (primary N) is 1. The number of likely N-dealkylation sites (N-methyl/N-ethyl adjacent to an activating group) is 1. The second-order valence-corrected chi connectivity index (χ2v) is 9.66. The first-order chi connectivity index (χ1) is 15.0. The van der Waals surface area contributed by atoms with Crippen molar-refractivity contribution in [2.24, 2.45) is 0 Å². The van der Waals surface area contributed by atoms with E-state index >= 15 is 0 Å². The van der Waals surface area contributed by atoms with Crippen LogP contribution in [0.3, 0.4) is 0 Å². The number of nitrogens with zero attached hydrogens (tertiary/aromatic N) is 3. The van der Waals surface area contributed by atoms with E-state index in [1.54, 1.807) is 20.8 Å². The number of rotatable bonds is 3. The summed E-state index contributed by atoms with van der Waals surface area (Å²) in [7, 11) is 1.86. The van der Waals surface area contributed by atoms with Crippen LogP contribution in [0, 0.1) is 11.6 Å². The van der Waals surface area contributed by atoms with Crippen LogP contribution in [0.25, 0.3) is 0 Å². The Morgan fingerprint density at radius 1 is 1.31 bits per heavy atom. The topological polar surface area (TPSA) is 99.5 Å². The maximum Gasteiger partial charge on any atom is 0.407 e. The summed E-state index contributed by atoms with van der Waals surface area (Å²) in [6.07, 6.45) is -0.0462. The predicted molar refractivity (Wildman–Crippen MR) is 116 cm³/mol. The third-order valence-electron chi connectivity index (χ3n) is 6.07. The Labute approximate surface area is 186 Å². The molecule has 1 amide bonds. The van der Waals surface area contributed by atoms with E-state index in [4.69, 9.17) is 10.5 Å². The fourth-order valence-corrected chi connectivity index (χ4v) is 4.74. The van der Waals surface area contributed by atoms with E-state index < -0.39 is 35.4 Å². The Morgan fingerprint density at radius 2 is 2.06 bits per heavy atom. The molecule has 4 N–H and O–H groups in total. The van der Waals surface area contributed by atoms with Gasteiger partial charge in [0.05, 0.1) is 17.8 Å². The summed E-state index contributed by atoms with van der Waals surface area (Å²) in [6, 6.07) is 2.44. The van der Waals surface area contributed by atoms with Gasteiger partial charge in [0.15, 0.2) is 0 Å². The third-order valence-corrected chi connectivity index (χ3v) is 6.07. The summed E-state index contributed by atoms with van der Waals surface area (Å²) in [5.41, 5.74) is 7.43. The second kappa shape index (κ2) is 8.32. The number of halogens is 2. The number of piperidine rings is 1.